The van der Waals surface area contributed by atoms with E-state index in [1.807, 2.05) is 0 Å². The van der Waals surface area contributed by atoms with Crippen molar-refractivity contribution in [2.75, 3.05) is 5.73 Å². The Bertz CT molecular complexity index is 417. The van der Waals surface area contributed by atoms with Crippen molar-refractivity contribution >= 4 is 5.95 Å². The summed E-state index contributed by atoms with van der Waals surface area (Å²) in [5.74, 6) is 5.52. The Kier molecular flexibility index (Phi) is 1.96. The molecule has 4 bridgehead atoms. The summed E-state index contributed by atoms with van der Waals surface area (Å²) in [5.41, 5.74) is 5.69. The molecule has 17 heavy (non-hydrogen) atoms. The summed E-state index contributed by atoms with van der Waals surface area (Å²) in [7, 11) is 0. The Morgan fingerprint density at radius 2 is 1.59 bits per heavy atom. The van der Waals surface area contributed by atoms with Crippen LogP contribution in [0.25, 0.3) is 0 Å². The molecule has 0 radical (unpaired) electrons. The number of nitrogen functional groups attached to an aromatic ring is 1. The summed E-state index contributed by atoms with van der Waals surface area (Å²) in [5, 5.41) is 0. The van der Waals surface area contributed by atoms with Crippen LogP contribution >= 0.6 is 0 Å². The Hall–Kier alpha value is -1.19. The first-order chi connectivity index (χ1) is 8.29. The van der Waals surface area contributed by atoms with Crippen LogP contribution in [-0.4, -0.2) is 15.0 Å². The van der Waals surface area contributed by atoms with E-state index in [0.717, 1.165) is 29.5 Å². The van der Waals surface area contributed by atoms with E-state index in [1.54, 1.807) is 6.33 Å². The molecule has 0 amide bonds. The predicted octanol–water partition coefficient (Wildman–Crippen LogP) is 1.99. The van der Waals surface area contributed by atoms with Gasteiger partial charge >= 0.3 is 0 Å². The van der Waals surface area contributed by atoms with Gasteiger partial charge in [0.25, 0.3) is 0 Å². The molecular formula is C13H18N4. The third-order valence-corrected chi connectivity index (χ3v) is 5.13. The molecule has 4 aliphatic rings. The van der Waals surface area contributed by atoms with Gasteiger partial charge < -0.3 is 5.73 Å². The molecule has 1 aromatic rings. The molecule has 4 saturated carbocycles. The van der Waals surface area contributed by atoms with E-state index in [2.05, 4.69) is 15.0 Å². The maximum Gasteiger partial charge on any atom is 0.223 e. The Labute approximate surface area is 101 Å². The lowest BCUT2D eigenvalue weighted by atomic mass is 9.51. The number of hydrogen-bond donors (Lipinski definition) is 1. The summed E-state index contributed by atoms with van der Waals surface area (Å²) in [6.07, 6.45) is 8.63. The van der Waals surface area contributed by atoms with Gasteiger partial charge in [-0.2, -0.15) is 4.98 Å². The minimum atomic E-state index is 0.379. The SMILES string of the molecule is Nc1ncnc(C2C3CC4CC(C3)CC2C4)n1. The number of aromatic nitrogens is 3. The lowest BCUT2D eigenvalue weighted by Gasteiger charge is -2.53. The van der Waals surface area contributed by atoms with Gasteiger partial charge in [-0.1, -0.05) is 0 Å². The summed E-state index contributed by atoms with van der Waals surface area (Å²) in [4.78, 5) is 12.7. The average Bonchev–Trinajstić information content (AvgIpc) is 2.27. The van der Waals surface area contributed by atoms with Crippen LogP contribution in [0.2, 0.25) is 0 Å². The van der Waals surface area contributed by atoms with Crippen molar-refractivity contribution in [3.63, 3.8) is 0 Å². The molecule has 4 aliphatic carbocycles. The van der Waals surface area contributed by atoms with Crippen molar-refractivity contribution < 1.29 is 0 Å². The number of anilines is 1. The van der Waals surface area contributed by atoms with Gasteiger partial charge in [0.15, 0.2) is 0 Å². The average molecular weight is 230 g/mol. The fourth-order valence-corrected chi connectivity index (χ4v) is 4.83. The van der Waals surface area contributed by atoms with E-state index in [0.29, 0.717) is 11.9 Å². The van der Waals surface area contributed by atoms with Gasteiger partial charge in [0.05, 0.1) is 0 Å². The third kappa shape index (κ3) is 1.46. The Morgan fingerprint density at radius 1 is 0.941 bits per heavy atom. The van der Waals surface area contributed by atoms with E-state index in [1.165, 1.54) is 32.1 Å². The number of nitrogens with two attached hydrogens (primary N) is 1. The largest absolute Gasteiger partial charge is 0.368 e. The van der Waals surface area contributed by atoms with Crippen LogP contribution in [0.3, 0.4) is 0 Å². The van der Waals surface area contributed by atoms with Gasteiger partial charge in [0.1, 0.15) is 12.2 Å². The molecule has 0 spiro atoms. The van der Waals surface area contributed by atoms with Crippen LogP contribution in [0.1, 0.15) is 43.8 Å². The quantitative estimate of drug-likeness (QED) is 0.801. The monoisotopic (exact) mass is 230 g/mol. The van der Waals surface area contributed by atoms with Gasteiger partial charge in [0.2, 0.25) is 5.95 Å². The van der Waals surface area contributed by atoms with Gasteiger partial charge in [0, 0.05) is 5.92 Å². The van der Waals surface area contributed by atoms with Gasteiger partial charge in [-0.3, -0.25) is 0 Å². The highest BCUT2D eigenvalue weighted by Crippen LogP contribution is 2.59. The number of nitrogens with zero attached hydrogens (tertiary/aromatic N) is 3. The van der Waals surface area contributed by atoms with E-state index in [9.17, 15) is 0 Å². The van der Waals surface area contributed by atoms with Crippen molar-refractivity contribution in [3.8, 4) is 0 Å². The molecule has 0 unspecified atom stereocenters. The first-order valence-corrected chi connectivity index (χ1v) is 6.74. The van der Waals surface area contributed by atoms with E-state index >= 15 is 0 Å². The van der Waals surface area contributed by atoms with Crippen molar-refractivity contribution in [2.24, 2.45) is 23.7 Å². The first-order valence-electron chi connectivity index (χ1n) is 6.74. The van der Waals surface area contributed by atoms with Crippen LogP contribution < -0.4 is 5.73 Å². The second-order valence-electron chi connectivity index (χ2n) is 6.16. The van der Waals surface area contributed by atoms with Crippen LogP contribution in [-0.2, 0) is 0 Å². The normalized spacial score (nSPS) is 42.9. The smallest absolute Gasteiger partial charge is 0.223 e. The van der Waals surface area contributed by atoms with Crippen molar-refractivity contribution in [2.45, 2.75) is 38.0 Å². The van der Waals surface area contributed by atoms with Crippen molar-refractivity contribution in [1.82, 2.24) is 15.0 Å². The summed E-state index contributed by atoms with van der Waals surface area (Å²) < 4.78 is 0. The molecular weight excluding hydrogens is 212 g/mol. The Balaban J connectivity index is 1.70. The molecule has 4 nitrogen and oxygen atoms in total. The second kappa shape index (κ2) is 3.40. The molecule has 1 heterocycles. The molecule has 0 saturated heterocycles. The van der Waals surface area contributed by atoms with Crippen LogP contribution in [0.5, 0.6) is 0 Å². The zero-order valence-electron chi connectivity index (χ0n) is 9.92. The molecule has 90 valence electrons. The molecule has 1 aromatic heterocycles. The molecule has 0 aliphatic heterocycles. The van der Waals surface area contributed by atoms with Gasteiger partial charge in [-0.05, 0) is 55.8 Å². The third-order valence-electron chi connectivity index (χ3n) is 5.13. The molecule has 0 atom stereocenters. The second-order valence-corrected chi connectivity index (χ2v) is 6.16. The molecule has 0 aromatic carbocycles. The van der Waals surface area contributed by atoms with Gasteiger partial charge in [-0.15, -0.1) is 0 Å². The van der Waals surface area contributed by atoms with Crippen LogP contribution in [0.4, 0.5) is 5.95 Å². The first kappa shape index (κ1) is 9.80. The Morgan fingerprint density at radius 3 is 2.18 bits per heavy atom. The number of rotatable bonds is 1. The van der Waals surface area contributed by atoms with Crippen LogP contribution in [0, 0.1) is 23.7 Å². The fourth-order valence-electron chi connectivity index (χ4n) is 4.83. The lowest BCUT2D eigenvalue weighted by molar-refractivity contribution is -0.00566. The van der Waals surface area contributed by atoms with Gasteiger partial charge in [-0.25, -0.2) is 9.97 Å². The fraction of sp³-hybridized carbons (Fsp3) is 0.769. The maximum absolute atomic E-state index is 5.69. The molecule has 5 rings (SSSR count). The zero-order valence-corrected chi connectivity index (χ0v) is 9.92. The summed E-state index contributed by atoms with van der Waals surface area (Å²) in [6.45, 7) is 0. The minimum Gasteiger partial charge on any atom is -0.368 e. The predicted molar refractivity (Wildman–Crippen MR) is 64.0 cm³/mol. The van der Waals surface area contributed by atoms with E-state index < -0.39 is 0 Å². The van der Waals surface area contributed by atoms with Crippen molar-refractivity contribution in [1.29, 1.82) is 0 Å². The number of hydrogen-bond acceptors (Lipinski definition) is 4. The molecule has 4 fully saturated rings. The summed E-state index contributed by atoms with van der Waals surface area (Å²) >= 11 is 0. The van der Waals surface area contributed by atoms with E-state index in [-0.39, 0.29) is 0 Å². The molecule has 2 N–H and O–H groups in total. The maximum atomic E-state index is 5.69. The van der Waals surface area contributed by atoms with Crippen molar-refractivity contribution in [3.05, 3.63) is 12.2 Å². The summed E-state index contributed by atoms with van der Waals surface area (Å²) in [6, 6.07) is 0. The standard InChI is InChI=1S/C13H18N4/c14-13-16-6-15-12(17-13)11-9-2-7-1-8(4-9)5-10(11)3-7/h6-11H,1-5H2,(H2,14,15,16,17). The highest BCUT2D eigenvalue weighted by atomic mass is 15.1. The topological polar surface area (TPSA) is 64.7 Å². The zero-order chi connectivity index (χ0) is 11.4. The lowest BCUT2D eigenvalue weighted by Crippen LogP contribution is -2.44. The van der Waals surface area contributed by atoms with E-state index in [4.69, 9.17) is 5.73 Å². The highest BCUT2D eigenvalue weighted by molar-refractivity contribution is 5.17. The highest BCUT2D eigenvalue weighted by Gasteiger charge is 2.49. The minimum absolute atomic E-state index is 0.379. The van der Waals surface area contributed by atoms with Crippen LogP contribution in [0.15, 0.2) is 6.33 Å². The molecule has 4 heteroatoms.